The van der Waals surface area contributed by atoms with E-state index >= 15 is 0 Å². The number of benzene rings is 4. The molecule has 89 heavy (non-hydrogen) atoms. The molecule has 0 saturated heterocycles. The maximum absolute atomic E-state index is 12.8. The van der Waals surface area contributed by atoms with Gasteiger partial charge in [-0.1, -0.05) is 86.0 Å². The molecule has 20 heteroatoms. The van der Waals surface area contributed by atoms with E-state index in [0.717, 1.165) is 153 Å². The second-order valence-electron chi connectivity index (χ2n) is 24.5. The van der Waals surface area contributed by atoms with Gasteiger partial charge in [-0.05, 0) is 131 Å². The van der Waals surface area contributed by atoms with Crippen molar-refractivity contribution in [2.75, 3.05) is 30.3 Å². The first-order chi connectivity index (χ1) is 43.6. The van der Waals surface area contributed by atoms with E-state index in [1.807, 2.05) is 53.3 Å². The third-order valence-corrected chi connectivity index (χ3v) is 19.1. The molecule has 0 spiro atoms. The van der Waals surface area contributed by atoms with Crippen LogP contribution in [-0.2, 0) is 0 Å². The molecule has 3 saturated carbocycles. The Bertz CT molecular complexity index is 4650. The Kier molecular flexibility index (Phi) is 14.4. The minimum atomic E-state index is -0.173. The molecule has 0 atom stereocenters. The molecule has 4 aliphatic rings. The van der Waals surface area contributed by atoms with Crippen molar-refractivity contribution in [3.05, 3.63) is 175 Å². The number of fused-ring (bicyclic) bond motifs is 7. The summed E-state index contributed by atoms with van der Waals surface area (Å²) < 4.78 is 6.12. The van der Waals surface area contributed by atoms with Crippen LogP contribution >= 0.6 is 0 Å². The summed E-state index contributed by atoms with van der Waals surface area (Å²) in [6, 6.07) is 38.1. The number of nitrogen functional groups attached to an aromatic ring is 3. The van der Waals surface area contributed by atoms with Crippen LogP contribution in [0.25, 0.3) is 83.4 Å². The number of amides is 2. The Morgan fingerprint density at radius 2 is 0.876 bits per heavy atom. The van der Waals surface area contributed by atoms with Gasteiger partial charge in [-0.25, -0.2) is 34.4 Å². The number of nitrogens with two attached hydrogens (primary N) is 4. The fourth-order valence-electron chi connectivity index (χ4n) is 14.4. The van der Waals surface area contributed by atoms with Gasteiger partial charge in [0.15, 0.2) is 5.82 Å². The molecule has 13 aromatic rings. The Balaban J connectivity index is 0.000000115. The highest BCUT2D eigenvalue weighted by atomic mass is 16.2. The van der Waals surface area contributed by atoms with Crippen molar-refractivity contribution in [3.8, 4) is 34.2 Å². The topological polar surface area (TPSA) is 292 Å². The molecule has 11 N–H and O–H groups in total. The first-order valence-corrected chi connectivity index (χ1v) is 31.3. The lowest BCUT2D eigenvalue weighted by atomic mass is 9.81. The molecule has 0 radical (unpaired) electrons. The van der Waals surface area contributed by atoms with Crippen LogP contribution in [0.4, 0.5) is 17.5 Å². The van der Waals surface area contributed by atoms with Gasteiger partial charge < -0.3 is 37.9 Å². The molecule has 0 bridgehead atoms. The van der Waals surface area contributed by atoms with Crippen LogP contribution in [0, 0.1) is 11.8 Å². The van der Waals surface area contributed by atoms with Crippen LogP contribution in [-0.4, -0.2) is 93.1 Å². The number of para-hydroxylation sites is 3. The number of nitrogens with one attached hydrogen (secondary N) is 3. The van der Waals surface area contributed by atoms with Crippen molar-refractivity contribution in [2.45, 2.75) is 101 Å². The van der Waals surface area contributed by atoms with Crippen LogP contribution in [0.1, 0.15) is 139 Å². The van der Waals surface area contributed by atoms with Gasteiger partial charge in [0.05, 0.1) is 28.2 Å². The number of imidazole rings is 3. The van der Waals surface area contributed by atoms with E-state index in [2.05, 4.69) is 98.4 Å². The van der Waals surface area contributed by atoms with Crippen LogP contribution < -0.4 is 22.9 Å². The van der Waals surface area contributed by atoms with Gasteiger partial charge in [-0.15, -0.1) is 0 Å². The van der Waals surface area contributed by atoms with Gasteiger partial charge >= 0.3 is 0 Å². The summed E-state index contributed by atoms with van der Waals surface area (Å²) in [7, 11) is 0. The highest BCUT2D eigenvalue weighted by molar-refractivity contribution is 6.21. The zero-order valence-corrected chi connectivity index (χ0v) is 49.4. The number of aromatic nitrogens is 13. The molecule has 3 fully saturated rings. The number of anilines is 3. The maximum atomic E-state index is 12.8. The number of aromatic amines is 3. The summed E-state index contributed by atoms with van der Waals surface area (Å²) in [6.07, 6.45) is 23.3. The van der Waals surface area contributed by atoms with Gasteiger partial charge in [-0.3, -0.25) is 23.3 Å². The molecule has 4 aromatic carbocycles. The Labute approximate surface area is 512 Å². The zero-order chi connectivity index (χ0) is 60.3. The summed E-state index contributed by atoms with van der Waals surface area (Å²) >= 11 is 0. The average Bonchev–Trinajstić information content (AvgIpc) is 1.83. The second-order valence-corrected chi connectivity index (χ2v) is 24.5. The van der Waals surface area contributed by atoms with Gasteiger partial charge in [0.1, 0.15) is 69.1 Å². The van der Waals surface area contributed by atoms with Crippen molar-refractivity contribution in [2.24, 2.45) is 17.6 Å². The van der Waals surface area contributed by atoms with E-state index in [1.165, 1.54) is 48.7 Å². The Hall–Kier alpha value is -10.2. The number of imide groups is 1. The highest BCUT2D eigenvalue weighted by Crippen LogP contribution is 2.42. The summed E-state index contributed by atoms with van der Waals surface area (Å²) in [4.78, 5) is 65.5. The number of hydrogen-bond acceptors (Lipinski definition) is 13. The van der Waals surface area contributed by atoms with Crippen LogP contribution in [0.5, 0.6) is 0 Å². The minimum absolute atomic E-state index is 0.173. The van der Waals surface area contributed by atoms with E-state index in [0.29, 0.717) is 52.9 Å². The molecule has 1 aliphatic heterocycles. The van der Waals surface area contributed by atoms with Crippen molar-refractivity contribution in [1.29, 1.82) is 0 Å². The van der Waals surface area contributed by atoms with Crippen molar-refractivity contribution in [3.63, 3.8) is 0 Å². The van der Waals surface area contributed by atoms with Gasteiger partial charge in [0.2, 0.25) is 0 Å². The molecule has 448 valence electrons. The van der Waals surface area contributed by atoms with E-state index in [-0.39, 0.29) is 23.7 Å². The monoisotopic (exact) mass is 1180 g/mol. The molecular formula is C69H70N18O2. The van der Waals surface area contributed by atoms with Crippen LogP contribution in [0.3, 0.4) is 0 Å². The van der Waals surface area contributed by atoms with Gasteiger partial charge in [0, 0.05) is 81.8 Å². The number of hydrogen-bond donors (Lipinski definition) is 7. The number of rotatable bonds is 9. The summed E-state index contributed by atoms with van der Waals surface area (Å²) in [5.41, 5.74) is 36.9. The molecule has 2 amide bonds. The third kappa shape index (κ3) is 10.2. The summed E-state index contributed by atoms with van der Waals surface area (Å²) in [5, 5.41) is 7.92. The van der Waals surface area contributed by atoms with Gasteiger partial charge in [-0.2, -0.15) is 5.10 Å². The second kappa shape index (κ2) is 23.1. The lowest BCUT2D eigenvalue weighted by molar-refractivity contribution is 0.0614. The predicted molar refractivity (Wildman–Crippen MR) is 348 cm³/mol. The molecule has 17 rings (SSSR count). The van der Waals surface area contributed by atoms with Crippen LogP contribution in [0.15, 0.2) is 146 Å². The van der Waals surface area contributed by atoms with Gasteiger partial charge in [0.25, 0.3) is 11.8 Å². The molecule has 3 aliphatic carbocycles. The maximum Gasteiger partial charge on any atom is 0.261 e. The SMILES string of the molecule is NCC1CCC(c2nc(-c3cc4ccccc4[nH]3)c3c(N)nccn23)CC1.Nc1nccn2c(C3CCC(CN4C(=O)c5ccccc5C4=O)CC3)nc(-c3cc4ccccc4[nH]3)c12.Nc1ncnn2c(C3CCCCC3)nc(-c3cc4ccccc4[nH]3)c12. The average molecular weight is 1180 g/mol. The zero-order valence-electron chi connectivity index (χ0n) is 49.4. The number of H-pyrrole nitrogens is 3. The predicted octanol–water partition coefficient (Wildman–Crippen LogP) is 12.6. The Morgan fingerprint density at radius 1 is 0.461 bits per heavy atom. The third-order valence-electron chi connectivity index (χ3n) is 19.1. The first kappa shape index (κ1) is 55.4. The smallest absolute Gasteiger partial charge is 0.261 e. The lowest BCUT2D eigenvalue weighted by Crippen LogP contribution is -2.35. The van der Waals surface area contributed by atoms with Crippen molar-refractivity contribution >= 4 is 78.5 Å². The minimum Gasteiger partial charge on any atom is -0.382 e. The number of carbonyl (C=O) groups excluding carboxylic acids is 2. The van der Waals surface area contributed by atoms with E-state index in [4.69, 9.17) is 37.9 Å². The highest BCUT2D eigenvalue weighted by Gasteiger charge is 2.38. The largest absolute Gasteiger partial charge is 0.382 e. The molecule has 20 nitrogen and oxygen atoms in total. The van der Waals surface area contributed by atoms with Crippen LogP contribution in [0.2, 0.25) is 0 Å². The fourth-order valence-corrected chi connectivity index (χ4v) is 14.4. The quantitative estimate of drug-likeness (QED) is 0.0663. The molecule has 10 heterocycles. The van der Waals surface area contributed by atoms with Crippen molar-refractivity contribution in [1.82, 2.24) is 68.2 Å². The molecule has 0 unspecified atom stereocenters. The normalized spacial score (nSPS) is 18.9. The van der Waals surface area contributed by atoms with Crippen molar-refractivity contribution < 1.29 is 9.59 Å². The van der Waals surface area contributed by atoms with E-state index < -0.39 is 0 Å². The molecule has 9 aromatic heterocycles. The number of nitrogens with zero attached hydrogens (tertiary/aromatic N) is 11. The Morgan fingerprint density at radius 3 is 1.35 bits per heavy atom. The molecular weight excluding hydrogens is 1110 g/mol. The van der Waals surface area contributed by atoms with E-state index in [9.17, 15) is 9.59 Å². The standard InChI is InChI=1S/C29H26N6O2.C21H24N6.C19H20N6/c30-26-25-24(23-15-19-5-1-4-8-22(19)32-23)33-27(34(25)14-13-31-26)18-11-9-17(10-12-18)16-35-28(36)20-6-2-3-7-21(20)29(35)37;22-12-13-5-7-14(8-6-13)21-26-18(19-20(23)24-9-10-27(19)21)17-11-15-3-1-2-4-16(15)25-17;20-18-17-16(15-10-13-8-4-5-9-14(13)23-15)24-19(25(17)22-11-21-18)12-6-2-1-3-7-12/h1-8,13-15,17-18,32H,9-12,16H2,(H2,30,31);1-4,9-11,13-14,25H,5-8,12,22H2,(H2,23,24);4-5,8-12,23H,1-3,6-7H2,(H2,20,21,22). The summed E-state index contributed by atoms with van der Waals surface area (Å²) in [5.74, 6) is 6.23. The fraction of sp³-hybridized carbons (Fsp3) is 0.290. The van der Waals surface area contributed by atoms with E-state index in [1.54, 1.807) is 36.7 Å². The summed E-state index contributed by atoms with van der Waals surface area (Å²) in [6.45, 7) is 1.25. The first-order valence-electron chi connectivity index (χ1n) is 31.3. The lowest BCUT2D eigenvalue weighted by Gasteiger charge is -2.30. The number of carbonyl (C=O) groups is 2.